The molecule has 23 heavy (non-hydrogen) atoms. The first-order valence-electron chi connectivity index (χ1n) is 8.17. The van der Waals surface area contributed by atoms with Crippen LogP contribution >= 0.6 is 0 Å². The molecule has 2 fully saturated rings. The predicted octanol–water partition coefficient (Wildman–Crippen LogP) is 1.56. The number of nitrogens with two attached hydrogens (primary N) is 1. The van der Waals surface area contributed by atoms with Gasteiger partial charge in [0.05, 0.1) is 5.69 Å². The highest BCUT2D eigenvalue weighted by Crippen LogP contribution is 2.42. The van der Waals surface area contributed by atoms with Gasteiger partial charge in [-0.25, -0.2) is 4.98 Å². The minimum atomic E-state index is -0.104. The van der Waals surface area contributed by atoms with Crippen LogP contribution in [0.2, 0.25) is 0 Å². The first kappa shape index (κ1) is 14.1. The molecule has 120 valence electrons. The van der Waals surface area contributed by atoms with Crippen molar-refractivity contribution in [3.63, 3.8) is 0 Å². The number of piperazine rings is 1. The van der Waals surface area contributed by atoms with Gasteiger partial charge in [0.2, 0.25) is 5.95 Å². The molecule has 2 heterocycles. The second-order valence-electron chi connectivity index (χ2n) is 6.27. The third-order valence-electron chi connectivity index (χ3n) is 4.62. The molecule has 0 amide bonds. The number of benzene rings is 1. The lowest BCUT2D eigenvalue weighted by molar-refractivity contribution is 0.646. The molecule has 2 aliphatic rings. The van der Waals surface area contributed by atoms with E-state index in [0.29, 0.717) is 5.92 Å². The number of nitrogen functional groups attached to an aromatic ring is 1. The second-order valence-corrected chi connectivity index (χ2v) is 6.27. The van der Waals surface area contributed by atoms with E-state index >= 15 is 0 Å². The molecule has 6 heteroatoms. The lowest BCUT2D eigenvalue weighted by Crippen LogP contribution is -2.48. The normalized spacial score (nSPS) is 18.3. The minimum Gasteiger partial charge on any atom is -0.369 e. The Hall–Kier alpha value is -2.50. The number of aromatic amines is 1. The van der Waals surface area contributed by atoms with Gasteiger partial charge in [0.1, 0.15) is 5.69 Å². The largest absolute Gasteiger partial charge is 0.369 e. The molecule has 0 spiro atoms. The summed E-state index contributed by atoms with van der Waals surface area (Å²) in [6, 6.07) is 10.4. The predicted molar refractivity (Wildman–Crippen MR) is 92.1 cm³/mol. The number of rotatable bonds is 3. The average molecular weight is 311 g/mol. The van der Waals surface area contributed by atoms with Gasteiger partial charge in [0.15, 0.2) is 0 Å². The fourth-order valence-electron chi connectivity index (χ4n) is 3.28. The number of hydrogen-bond donors (Lipinski definition) is 2. The van der Waals surface area contributed by atoms with Crippen molar-refractivity contribution in [3.05, 3.63) is 46.4 Å². The molecule has 0 unspecified atom stereocenters. The van der Waals surface area contributed by atoms with Crippen LogP contribution in [0, 0.1) is 0 Å². The quantitative estimate of drug-likeness (QED) is 0.899. The van der Waals surface area contributed by atoms with E-state index in [2.05, 4.69) is 44.0 Å². The van der Waals surface area contributed by atoms with E-state index in [1.54, 1.807) is 0 Å². The van der Waals surface area contributed by atoms with E-state index in [1.165, 1.54) is 5.69 Å². The molecule has 1 aliphatic heterocycles. The monoisotopic (exact) mass is 311 g/mol. The second kappa shape index (κ2) is 5.61. The van der Waals surface area contributed by atoms with E-state index in [-0.39, 0.29) is 11.5 Å². The number of H-pyrrole nitrogens is 1. The van der Waals surface area contributed by atoms with Crippen LogP contribution in [-0.4, -0.2) is 36.1 Å². The van der Waals surface area contributed by atoms with E-state index in [1.807, 2.05) is 6.07 Å². The molecule has 1 aromatic heterocycles. The Bertz CT molecular complexity index is 745. The van der Waals surface area contributed by atoms with Crippen molar-refractivity contribution in [1.29, 1.82) is 0 Å². The highest BCUT2D eigenvalue weighted by molar-refractivity contribution is 5.55. The van der Waals surface area contributed by atoms with Crippen LogP contribution in [0.5, 0.6) is 0 Å². The minimum absolute atomic E-state index is 0.104. The fraction of sp³-hybridized carbons (Fsp3) is 0.412. The van der Waals surface area contributed by atoms with Crippen LogP contribution in [0.3, 0.4) is 0 Å². The highest BCUT2D eigenvalue weighted by atomic mass is 16.1. The Morgan fingerprint density at radius 3 is 2.35 bits per heavy atom. The number of aromatic nitrogens is 2. The fourth-order valence-corrected chi connectivity index (χ4v) is 3.28. The highest BCUT2D eigenvalue weighted by Gasteiger charge is 2.32. The van der Waals surface area contributed by atoms with E-state index in [9.17, 15) is 4.79 Å². The van der Waals surface area contributed by atoms with Gasteiger partial charge in [0.25, 0.3) is 5.56 Å². The van der Waals surface area contributed by atoms with Crippen molar-refractivity contribution in [2.75, 3.05) is 41.7 Å². The first-order chi connectivity index (χ1) is 11.2. The smallest absolute Gasteiger partial charge is 0.276 e. The molecule has 4 rings (SSSR count). The van der Waals surface area contributed by atoms with Crippen molar-refractivity contribution < 1.29 is 0 Å². The lowest BCUT2D eigenvalue weighted by atomic mass is 10.2. The van der Waals surface area contributed by atoms with Crippen LogP contribution < -0.4 is 21.1 Å². The van der Waals surface area contributed by atoms with Gasteiger partial charge in [-0.15, -0.1) is 0 Å². The first-order valence-corrected chi connectivity index (χ1v) is 8.17. The Labute approximate surface area is 134 Å². The van der Waals surface area contributed by atoms with Crippen molar-refractivity contribution >= 4 is 17.3 Å². The van der Waals surface area contributed by atoms with Gasteiger partial charge in [-0.1, -0.05) is 18.2 Å². The summed E-state index contributed by atoms with van der Waals surface area (Å²) in [5, 5.41) is 0. The summed E-state index contributed by atoms with van der Waals surface area (Å²) < 4.78 is 0. The number of nitrogens with one attached hydrogen (secondary N) is 1. The number of nitrogens with zero attached hydrogens (tertiary/aromatic N) is 3. The van der Waals surface area contributed by atoms with E-state index < -0.39 is 0 Å². The van der Waals surface area contributed by atoms with Crippen LogP contribution in [0.25, 0.3) is 0 Å². The Morgan fingerprint density at radius 1 is 1.04 bits per heavy atom. The van der Waals surface area contributed by atoms with Gasteiger partial charge in [0, 0.05) is 37.8 Å². The van der Waals surface area contributed by atoms with Crippen molar-refractivity contribution in [2.24, 2.45) is 0 Å². The van der Waals surface area contributed by atoms with Crippen LogP contribution in [0.1, 0.15) is 24.5 Å². The summed E-state index contributed by atoms with van der Waals surface area (Å²) in [7, 11) is 0. The molecule has 0 bridgehead atoms. The van der Waals surface area contributed by atoms with Gasteiger partial charge in [-0.05, 0) is 25.0 Å². The number of anilines is 3. The maximum Gasteiger partial charge on any atom is 0.276 e. The van der Waals surface area contributed by atoms with E-state index in [4.69, 9.17) is 5.73 Å². The standard InChI is InChI=1S/C17H21N5O/c18-17-19-14(12-6-7-12)15(16(23)20-17)22-10-8-21(9-11-22)13-4-2-1-3-5-13/h1-5,12H,6-11H2,(H3,18,19,20,23). The average Bonchev–Trinajstić information content (AvgIpc) is 3.40. The topological polar surface area (TPSA) is 78.2 Å². The van der Waals surface area contributed by atoms with Gasteiger partial charge < -0.3 is 15.5 Å². The molecule has 0 radical (unpaired) electrons. The molecule has 2 aromatic rings. The number of hydrogen-bond acceptors (Lipinski definition) is 5. The summed E-state index contributed by atoms with van der Waals surface area (Å²) in [6.45, 7) is 3.45. The van der Waals surface area contributed by atoms with Gasteiger partial charge in [-0.2, -0.15) is 0 Å². The zero-order valence-electron chi connectivity index (χ0n) is 13.0. The Balaban J connectivity index is 1.56. The molecule has 1 aromatic carbocycles. The maximum absolute atomic E-state index is 12.4. The van der Waals surface area contributed by atoms with Crippen molar-refractivity contribution in [1.82, 2.24) is 9.97 Å². The van der Waals surface area contributed by atoms with Gasteiger partial charge >= 0.3 is 0 Å². The molecule has 0 atom stereocenters. The third-order valence-corrected chi connectivity index (χ3v) is 4.62. The SMILES string of the molecule is Nc1nc(C2CC2)c(N2CCN(c3ccccc3)CC2)c(=O)[nH]1. The maximum atomic E-state index is 12.4. The van der Waals surface area contributed by atoms with Crippen LogP contribution in [0.15, 0.2) is 35.1 Å². The Kier molecular flexibility index (Phi) is 3.44. The molecule has 1 saturated carbocycles. The Morgan fingerprint density at radius 2 is 1.70 bits per heavy atom. The molecule has 3 N–H and O–H groups in total. The summed E-state index contributed by atoms with van der Waals surface area (Å²) >= 11 is 0. The molecular weight excluding hydrogens is 290 g/mol. The molecular formula is C17H21N5O. The summed E-state index contributed by atoms with van der Waals surface area (Å²) in [5.41, 5.74) is 8.48. The zero-order valence-corrected chi connectivity index (χ0v) is 13.0. The molecule has 1 aliphatic carbocycles. The summed E-state index contributed by atoms with van der Waals surface area (Å²) in [5.74, 6) is 0.630. The molecule has 1 saturated heterocycles. The third kappa shape index (κ3) is 2.76. The van der Waals surface area contributed by atoms with Gasteiger partial charge in [-0.3, -0.25) is 9.78 Å². The van der Waals surface area contributed by atoms with Crippen LogP contribution in [-0.2, 0) is 0 Å². The van der Waals surface area contributed by atoms with Crippen LogP contribution in [0.4, 0.5) is 17.3 Å². The summed E-state index contributed by atoms with van der Waals surface area (Å²) in [6.07, 6.45) is 2.21. The zero-order chi connectivity index (χ0) is 15.8. The van der Waals surface area contributed by atoms with Crippen molar-refractivity contribution in [2.45, 2.75) is 18.8 Å². The number of para-hydroxylation sites is 1. The molecule has 6 nitrogen and oxygen atoms in total. The lowest BCUT2D eigenvalue weighted by Gasteiger charge is -2.37. The van der Waals surface area contributed by atoms with Crippen molar-refractivity contribution in [3.8, 4) is 0 Å². The van der Waals surface area contributed by atoms with E-state index in [0.717, 1.165) is 50.4 Å². The summed E-state index contributed by atoms with van der Waals surface area (Å²) in [4.78, 5) is 24.0.